The van der Waals surface area contributed by atoms with Gasteiger partial charge in [0.15, 0.2) is 6.61 Å². The first-order valence-corrected chi connectivity index (χ1v) is 8.05. The number of ether oxygens (including phenoxy) is 1. The van der Waals surface area contributed by atoms with Crippen molar-refractivity contribution in [1.82, 2.24) is 0 Å². The largest absolute Gasteiger partial charge is 0.452 e. The molecule has 0 aliphatic heterocycles. The standard InChI is InChI=1S/C17H15BrN2O5/c1-10-3-4-12(8-15(10)20(23)24)17(22)25-9-16(21)19-13-5-6-14(18)11(2)7-13/h3-8H,9H2,1-2H3,(H,19,21). The summed E-state index contributed by atoms with van der Waals surface area (Å²) in [5.41, 5.74) is 1.80. The quantitative estimate of drug-likeness (QED) is 0.462. The van der Waals surface area contributed by atoms with Gasteiger partial charge in [-0.15, -0.1) is 0 Å². The molecular weight excluding hydrogens is 392 g/mol. The summed E-state index contributed by atoms with van der Waals surface area (Å²) in [5, 5.41) is 13.5. The van der Waals surface area contributed by atoms with Crippen LogP contribution in [0.25, 0.3) is 0 Å². The summed E-state index contributed by atoms with van der Waals surface area (Å²) in [6, 6.07) is 9.28. The van der Waals surface area contributed by atoms with E-state index >= 15 is 0 Å². The molecule has 0 bridgehead atoms. The number of carbonyl (C=O) groups is 2. The molecule has 130 valence electrons. The van der Waals surface area contributed by atoms with Crippen molar-refractivity contribution in [2.75, 3.05) is 11.9 Å². The maximum Gasteiger partial charge on any atom is 0.338 e. The van der Waals surface area contributed by atoms with E-state index in [2.05, 4.69) is 21.2 Å². The number of amides is 1. The Kier molecular flexibility index (Phi) is 5.87. The minimum atomic E-state index is -0.801. The molecule has 0 unspecified atom stereocenters. The van der Waals surface area contributed by atoms with Crippen molar-refractivity contribution in [3.8, 4) is 0 Å². The van der Waals surface area contributed by atoms with E-state index in [1.807, 2.05) is 6.92 Å². The second-order valence-electron chi connectivity index (χ2n) is 5.35. The van der Waals surface area contributed by atoms with Crippen LogP contribution >= 0.6 is 15.9 Å². The van der Waals surface area contributed by atoms with Crippen LogP contribution in [0.2, 0.25) is 0 Å². The number of hydrogen-bond acceptors (Lipinski definition) is 5. The summed E-state index contributed by atoms with van der Waals surface area (Å²) >= 11 is 3.36. The van der Waals surface area contributed by atoms with Crippen LogP contribution in [-0.4, -0.2) is 23.4 Å². The van der Waals surface area contributed by atoms with Gasteiger partial charge in [0.1, 0.15) is 0 Å². The van der Waals surface area contributed by atoms with Gasteiger partial charge in [-0.2, -0.15) is 0 Å². The average molecular weight is 407 g/mol. The molecule has 2 rings (SSSR count). The summed E-state index contributed by atoms with van der Waals surface area (Å²) in [4.78, 5) is 34.1. The van der Waals surface area contributed by atoms with Crippen LogP contribution in [0.4, 0.5) is 11.4 Å². The molecule has 1 amide bonds. The number of nitrogens with one attached hydrogen (secondary N) is 1. The summed E-state index contributed by atoms with van der Waals surface area (Å²) in [7, 11) is 0. The van der Waals surface area contributed by atoms with Crippen LogP contribution in [0.3, 0.4) is 0 Å². The van der Waals surface area contributed by atoms with Crippen molar-refractivity contribution in [2.24, 2.45) is 0 Å². The van der Waals surface area contributed by atoms with E-state index < -0.39 is 23.4 Å². The Hall–Kier alpha value is -2.74. The number of esters is 1. The fraction of sp³-hybridized carbons (Fsp3) is 0.176. The van der Waals surface area contributed by atoms with E-state index in [0.29, 0.717) is 11.3 Å². The number of benzene rings is 2. The van der Waals surface area contributed by atoms with Crippen LogP contribution in [-0.2, 0) is 9.53 Å². The smallest absolute Gasteiger partial charge is 0.338 e. The van der Waals surface area contributed by atoms with Crippen molar-refractivity contribution < 1.29 is 19.2 Å². The fourth-order valence-electron chi connectivity index (χ4n) is 2.07. The zero-order valence-corrected chi connectivity index (χ0v) is 15.1. The first-order valence-electron chi connectivity index (χ1n) is 7.26. The topological polar surface area (TPSA) is 98.5 Å². The van der Waals surface area contributed by atoms with Gasteiger partial charge in [-0.3, -0.25) is 14.9 Å². The molecule has 0 saturated heterocycles. The molecule has 2 aromatic carbocycles. The molecule has 7 nitrogen and oxygen atoms in total. The molecular formula is C17H15BrN2O5. The molecule has 8 heteroatoms. The number of hydrogen-bond donors (Lipinski definition) is 1. The Morgan fingerprint density at radius 2 is 1.88 bits per heavy atom. The predicted molar refractivity (Wildman–Crippen MR) is 95.6 cm³/mol. The van der Waals surface area contributed by atoms with Gasteiger partial charge in [0, 0.05) is 21.8 Å². The molecule has 0 heterocycles. The lowest BCUT2D eigenvalue weighted by Crippen LogP contribution is -2.21. The third kappa shape index (κ3) is 4.87. The van der Waals surface area contributed by atoms with Crippen molar-refractivity contribution in [1.29, 1.82) is 0 Å². The molecule has 2 aromatic rings. The maximum absolute atomic E-state index is 12.0. The molecule has 0 saturated carbocycles. The molecule has 0 spiro atoms. The van der Waals surface area contributed by atoms with E-state index in [-0.39, 0.29) is 11.3 Å². The minimum absolute atomic E-state index is 0.0181. The Labute approximate surface area is 152 Å². The van der Waals surface area contributed by atoms with Gasteiger partial charge in [0.05, 0.1) is 10.5 Å². The highest BCUT2D eigenvalue weighted by atomic mass is 79.9. The van der Waals surface area contributed by atoms with Crippen molar-refractivity contribution >= 4 is 39.2 Å². The number of rotatable bonds is 5. The second kappa shape index (κ2) is 7.89. The van der Waals surface area contributed by atoms with Crippen molar-refractivity contribution in [3.05, 3.63) is 67.7 Å². The van der Waals surface area contributed by atoms with Gasteiger partial charge in [0.25, 0.3) is 11.6 Å². The molecule has 1 N–H and O–H groups in total. The molecule has 0 aliphatic rings. The molecule has 0 aromatic heterocycles. The predicted octanol–water partition coefficient (Wildman–Crippen LogP) is 3.77. The number of nitrogens with zero attached hydrogens (tertiary/aromatic N) is 1. The van der Waals surface area contributed by atoms with Crippen LogP contribution < -0.4 is 5.32 Å². The van der Waals surface area contributed by atoms with Crippen LogP contribution in [0.15, 0.2) is 40.9 Å². The number of aryl methyl sites for hydroxylation is 2. The number of carbonyl (C=O) groups excluding carboxylic acids is 2. The van der Waals surface area contributed by atoms with Crippen LogP contribution in [0.5, 0.6) is 0 Å². The second-order valence-corrected chi connectivity index (χ2v) is 6.20. The number of nitro benzene ring substituents is 1. The maximum atomic E-state index is 12.0. The van der Waals surface area contributed by atoms with Gasteiger partial charge in [-0.25, -0.2) is 4.79 Å². The van der Waals surface area contributed by atoms with E-state index in [1.54, 1.807) is 25.1 Å². The summed E-state index contributed by atoms with van der Waals surface area (Å²) in [6.45, 7) is 2.96. The highest BCUT2D eigenvalue weighted by Crippen LogP contribution is 2.21. The first kappa shape index (κ1) is 18.6. The Morgan fingerprint density at radius 1 is 1.16 bits per heavy atom. The van der Waals surface area contributed by atoms with E-state index in [1.165, 1.54) is 12.1 Å². The Bertz CT molecular complexity index is 851. The molecule has 0 fully saturated rings. The Morgan fingerprint density at radius 3 is 2.52 bits per heavy atom. The van der Waals surface area contributed by atoms with E-state index in [0.717, 1.165) is 16.1 Å². The average Bonchev–Trinajstić information content (AvgIpc) is 2.56. The highest BCUT2D eigenvalue weighted by molar-refractivity contribution is 9.10. The van der Waals surface area contributed by atoms with Crippen molar-refractivity contribution in [3.63, 3.8) is 0 Å². The van der Waals surface area contributed by atoms with Gasteiger partial charge < -0.3 is 10.1 Å². The van der Waals surface area contributed by atoms with E-state index in [4.69, 9.17) is 4.74 Å². The number of nitro groups is 1. The number of anilines is 1. The first-order chi connectivity index (χ1) is 11.8. The highest BCUT2D eigenvalue weighted by Gasteiger charge is 2.17. The Balaban J connectivity index is 1.97. The molecule has 0 aliphatic carbocycles. The zero-order chi connectivity index (χ0) is 18.6. The lowest BCUT2D eigenvalue weighted by atomic mass is 10.1. The SMILES string of the molecule is Cc1cc(NC(=O)COC(=O)c2ccc(C)c([N+](=O)[O-])c2)ccc1Br. The zero-order valence-electron chi connectivity index (χ0n) is 13.5. The van der Waals surface area contributed by atoms with Gasteiger partial charge >= 0.3 is 5.97 Å². The lowest BCUT2D eigenvalue weighted by Gasteiger charge is -2.08. The molecule has 0 atom stereocenters. The van der Waals surface area contributed by atoms with Crippen LogP contribution in [0, 0.1) is 24.0 Å². The normalized spacial score (nSPS) is 10.2. The summed E-state index contributed by atoms with van der Waals surface area (Å²) in [5.74, 6) is -1.30. The number of halogens is 1. The molecule has 25 heavy (non-hydrogen) atoms. The van der Waals surface area contributed by atoms with Gasteiger partial charge in [-0.1, -0.05) is 22.0 Å². The third-order valence-corrected chi connectivity index (χ3v) is 4.31. The molecule has 0 radical (unpaired) electrons. The van der Waals surface area contributed by atoms with Gasteiger partial charge in [0.2, 0.25) is 0 Å². The monoisotopic (exact) mass is 406 g/mol. The fourth-order valence-corrected chi connectivity index (χ4v) is 2.31. The van der Waals surface area contributed by atoms with Gasteiger partial charge in [-0.05, 0) is 43.7 Å². The third-order valence-electron chi connectivity index (χ3n) is 3.42. The summed E-state index contributed by atoms with van der Waals surface area (Å²) < 4.78 is 5.82. The minimum Gasteiger partial charge on any atom is -0.452 e. The van der Waals surface area contributed by atoms with Crippen molar-refractivity contribution in [2.45, 2.75) is 13.8 Å². The summed E-state index contributed by atoms with van der Waals surface area (Å²) in [6.07, 6.45) is 0. The van der Waals surface area contributed by atoms with Crippen LogP contribution in [0.1, 0.15) is 21.5 Å². The van der Waals surface area contributed by atoms with E-state index in [9.17, 15) is 19.7 Å². The lowest BCUT2D eigenvalue weighted by molar-refractivity contribution is -0.385.